The number of hydrogen-bond donors (Lipinski definition) is 0. The van der Waals surface area contributed by atoms with Crippen LogP contribution in [0.5, 0.6) is 5.75 Å². The minimum atomic E-state index is -3.82. The molecule has 6 nitrogen and oxygen atoms in total. The van der Waals surface area contributed by atoms with Gasteiger partial charge >= 0.3 is 0 Å². The van der Waals surface area contributed by atoms with E-state index >= 15 is 0 Å². The largest absolute Gasteiger partial charge is 0.482 e. The molecule has 10 heteroatoms. The number of halogens is 3. The van der Waals surface area contributed by atoms with Crippen molar-refractivity contribution in [3.05, 3.63) is 58.3 Å². The number of piperazine rings is 1. The van der Waals surface area contributed by atoms with Gasteiger partial charge in [-0.3, -0.25) is 4.79 Å². The maximum Gasteiger partial charge on any atom is 0.260 e. The highest BCUT2D eigenvalue weighted by Crippen LogP contribution is 2.24. The number of carbonyl (C=O) groups excluding carboxylic acids is 1. The van der Waals surface area contributed by atoms with E-state index in [9.17, 15) is 17.6 Å². The number of sulfonamides is 1. The Hall–Kier alpha value is -1.87. The van der Waals surface area contributed by atoms with Crippen molar-refractivity contribution in [1.82, 2.24) is 9.21 Å². The number of benzene rings is 2. The molecule has 0 radical (unpaired) electrons. The van der Waals surface area contributed by atoms with E-state index in [0.717, 1.165) is 12.1 Å². The summed E-state index contributed by atoms with van der Waals surface area (Å²) in [6.07, 6.45) is 0. The van der Waals surface area contributed by atoms with Gasteiger partial charge in [-0.25, -0.2) is 12.8 Å². The fourth-order valence-corrected chi connectivity index (χ4v) is 4.64. The van der Waals surface area contributed by atoms with Crippen LogP contribution in [-0.2, 0) is 14.8 Å². The number of ether oxygens (including phenoxy) is 1. The van der Waals surface area contributed by atoms with Crippen LogP contribution in [0.1, 0.15) is 0 Å². The highest BCUT2D eigenvalue weighted by atomic mass is 35.5. The van der Waals surface area contributed by atoms with Crippen LogP contribution in [0.3, 0.4) is 0 Å². The Kier molecular flexibility index (Phi) is 6.44. The average Bonchev–Trinajstić information content (AvgIpc) is 2.69. The van der Waals surface area contributed by atoms with Crippen LogP contribution in [0.25, 0.3) is 0 Å². The maximum absolute atomic E-state index is 13.3. The van der Waals surface area contributed by atoms with E-state index in [1.54, 1.807) is 24.3 Å². The minimum Gasteiger partial charge on any atom is -0.482 e. The van der Waals surface area contributed by atoms with E-state index in [0.29, 0.717) is 10.8 Å². The Labute approximate surface area is 172 Å². The van der Waals surface area contributed by atoms with Gasteiger partial charge in [0.25, 0.3) is 5.91 Å². The first kappa shape index (κ1) is 20.9. The quantitative estimate of drug-likeness (QED) is 0.707. The van der Waals surface area contributed by atoms with E-state index in [4.69, 9.17) is 27.9 Å². The molecule has 0 N–H and O–H groups in total. The van der Waals surface area contributed by atoms with E-state index < -0.39 is 15.8 Å². The van der Waals surface area contributed by atoms with Crippen LogP contribution < -0.4 is 4.74 Å². The normalized spacial score (nSPS) is 15.5. The lowest BCUT2D eigenvalue weighted by molar-refractivity contribution is -0.134. The predicted molar refractivity (Wildman–Crippen MR) is 104 cm³/mol. The summed E-state index contributed by atoms with van der Waals surface area (Å²) in [4.78, 5) is 13.8. The molecule has 1 amide bonds. The van der Waals surface area contributed by atoms with Crippen LogP contribution in [0.4, 0.5) is 4.39 Å². The maximum atomic E-state index is 13.3. The van der Waals surface area contributed by atoms with Crippen molar-refractivity contribution in [2.24, 2.45) is 0 Å². The van der Waals surface area contributed by atoms with Gasteiger partial charge in [-0.15, -0.1) is 0 Å². The first-order valence-corrected chi connectivity index (χ1v) is 10.6. The van der Waals surface area contributed by atoms with Crippen LogP contribution in [0.2, 0.25) is 10.0 Å². The topological polar surface area (TPSA) is 66.9 Å². The second-order valence-electron chi connectivity index (χ2n) is 6.08. The van der Waals surface area contributed by atoms with Gasteiger partial charge in [-0.1, -0.05) is 35.3 Å². The van der Waals surface area contributed by atoms with Gasteiger partial charge < -0.3 is 9.64 Å². The molecule has 0 spiro atoms. The molecule has 0 unspecified atom stereocenters. The zero-order valence-electron chi connectivity index (χ0n) is 14.6. The molecule has 1 aliphatic rings. The van der Waals surface area contributed by atoms with E-state index in [1.165, 1.54) is 15.3 Å². The van der Waals surface area contributed by atoms with Gasteiger partial charge in [-0.2, -0.15) is 4.31 Å². The van der Waals surface area contributed by atoms with Gasteiger partial charge in [-0.05, 0) is 30.3 Å². The molecule has 150 valence electrons. The van der Waals surface area contributed by atoms with Crippen LogP contribution in [0, 0.1) is 5.82 Å². The lowest BCUT2D eigenvalue weighted by Gasteiger charge is -2.34. The van der Waals surface area contributed by atoms with Crippen molar-refractivity contribution < 1.29 is 22.3 Å². The van der Waals surface area contributed by atoms with Gasteiger partial charge in [0.1, 0.15) is 11.6 Å². The Morgan fingerprint density at radius 1 is 1.04 bits per heavy atom. The molecule has 0 saturated carbocycles. The molecule has 1 fully saturated rings. The van der Waals surface area contributed by atoms with Crippen molar-refractivity contribution in [2.45, 2.75) is 4.90 Å². The smallest absolute Gasteiger partial charge is 0.260 e. The second kappa shape index (κ2) is 8.65. The number of amides is 1. The zero-order chi connectivity index (χ0) is 20.3. The molecular formula is C18H17Cl2FN2O4S. The molecule has 3 rings (SSSR count). The zero-order valence-corrected chi connectivity index (χ0v) is 17.0. The molecule has 2 aromatic rings. The fourth-order valence-electron chi connectivity index (χ4n) is 2.76. The summed E-state index contributed by atoms with van der Waals surface area (Å²) in [5, 5.41) is 0.149. The Balaban J connectivity index is 1.58. The summed E-state index contributed by atoms with van der Waals surface area (Å²) in [5.74, 6) is -0.539. The summed E-state index contributed by atoms with van der Waals surface area (Å²) >= 11 is 11.7. The fraction of sp³-hybridized carbons (Fsp3) is 0.278. The minimum absolute atomic E-state index is 0.0827. The van der Waals surface area contributed by atoms with Gasteiger partial charge in [0.05, 0.1) is 14.9 Å². The number of carbonyl (C=O) groups is 1. The van der Waals surface area contributed by atoms with Crippen molar-refractivity contribution in [3.8, 4) is 5.75 Å². The van der Waals surface area contributed by atoms with Gasteiger partial charge in [0.15, 0.2) is 6.61 Å². The van der Waals surface area contributed by atoms with Crippen LogP contribution in [-0.4, -0.2) is 56.3 Å². The SMILES string of the molecule is O=C(COc1ccccc1Cl)N1CCN(S(=O)(=O)c2ccc(F)c(Cl)c2)CC1. The van der Waals surface area contributed by atoms with Crippen LogP contribution in [0.15, 0.2) is 47.4 Å². The van der Waals surface area contributed by atoms with Crippen molar-refractivity contribution in [3.63, 3.8) is 0 Å². The average molecular weight is 447 g/mol. The molecular weight excluding hydrogens is 430 g/mol. The standard InChI is InChI=1S/C18H17Cl2FN2O4S/c19-14-3-1-2-4-17(14)27-12-18(24)22-7-9-23(10-8-22)28(25,26)13-5-6-16(21)15(20)11-13/h1-6,11H,7-10,12H2. The second-order valence-corrected chi connectivity index (χ2v) is 8.83. The predicted octanol–water partition coefficient (Wildman–Crippen LogP) is 3.04. The summed E-state index contributed by atoms with van der Waals surface area (Å²) in [6, 6.07) is 10.1. The van der Waals surface area contributed by atoms with Crippen molar-refractivity contribution >= 4 is 39.1 Å². The summed E-state index contributed by atoms with van der Waals surface area (Å²) < 4.78 is 45.3. The number of hydrogen-bond acceptors (Lipinski definition) is 4. The molecule has 1 heterocycles. The first-order valence-electron chi connectivity index (χ1n) is 8.39. The highest BCUT2D eigenvalue weighted by Gasteiger charge is 2.30. The number of para-hydroxylation sites is 1. The van der Waals surface area contributed by atoms with Gasteiger partial charge in [0, 0.05) is 26.2 Å². The van der Waals surface area contributed by atoms with E-state index in [1.807, 2.05) is 0 Å². The lowest BCUT2D eigenvalue weighted by atomic mass is 10.3. The third-order valence-corrected chi connectivity index (χ3v) is 6.80. The summed E-state index contributed by atoms with van der Waals surface area (Å²) in [7, 11) is -3.82. The summed E-state index contributed by atoms with van der Waals surface area (Å²) in [5.41, 5.74) is 0. The molecule has 28 heavy (non-hydrogen) atoms. The van der Waals surface area contributed by atoms with Crippen LogP contribution >= 0.6 is 23.2 Å². The van der Waals surface area contributed by atoms with E-state index in [-0.39, 0.29) is 48.6 Å². The molecule has 0 aliphatic carbocycles. The first-order chi connectivity index (χ1) is 13.3. The highest BCUT2D eigenvalue weighted by molar-refractivity contribution is 7.89. The molecule has 0 bridgehead atoms. The monoisotopic (exact) mass is 446 g/mol. The number of nitrogens with zero attached hydrogens (tertiary/aromatic N) is 2. The number of rotatable bonds is 5. The van der Waals surface area contributed by atoms with Crippen molar-refractivity contribution in [2.75, 3.05) is 32.8 Å². The lowest BCUT2D eigenvalue weighted by Crippen LogP contribution is -2.51. The Bertz CT molecular complexity index is 979. The van der Waals surface area contributed by atoms with E-state index in [2.05, 4.69) is 0 Å². The van der Waals surface area contributed by atoms with Crippen molar-refractivity contribution in [1.29, 1.82) is 0 Å². The molecule has 0 atom stereocenters. The molecule has 0 aromatic heterocycles. The Morgan fingerprint density at radius 2 is 1.71 bits per heavy atom. The third kappa shape index (κ3) is 4.57. The molecule has 1 aliphatic heterocycles. The van der Waals surface area contributed by atoms with Gasteiger partial charge in [0.2, 0.25) is 10.0 Å². The Morgan fingerprint density at radius 3 is 2.36 bits per heavy atom. The third-order valence-electron chi connectivity index (χ3n) is 4.31. The summed E-state index contributed by atoms with van der Waals surface area (Å²) in [6.45, 7) is 0.492. The molecule has 1 saturated heterocycles. The molecule has 2 aromatic carbocycles.